The lowest BCUT2D eigenvalue weighted by molar-refractivity contribution is 0.0520. The van der Waals surface area contributed by atoms with E-state index in [1.165, 1.54) is 24.3 Å². The SMILES string of the molecule is O=c1[nH]c2ccccc2n1C1CCN(CCOC(c2ccc(F)cc2)c2ccc(F)cc2)CC1. The second-order valence-electron chi connectivity index (χ2n) is 8.74. The van der Waals surface area contributed by atoms with Crippen LogP contribution in [0.2, 0.25) is 0 Å². The highest BCUT2D eigenvalue weighted by Crippen LogP contribution is 2.28. The van der Waals surface area contributed by atoms with E-state index in [0.29, 0.717) is 6.61 Å². The molecule has 34 heavy (non-hydrogen) atoms. The van der Waals surface area contributed by atoms with Gasteiger partial charge < -0.3 is 14.6 Å². The van der Waals surface area contributed by atoms with Crippen molar-refractivity contribution < 1.29 is 13.5 Å². The van der Waals surface area contributed by atoms with Crippen LogP contribution < -0.4 is 5.69 Å². The van der Waals surface area contributed by atoms with Crippen molar-refractivity contribution in [1.29, 1.82) is 0 Å². The summed E-state index contributed by atoms with van der Waals surface area (Å²) in [6.45, 7) is 2.97. The van der Waals surface area contributed by atoms with Crippen LogP contribution in [0.1, 0.15) is 36.1 Å². The minimum absolute atomic E-state index is 0.0515. The minimum atomic E-state index is -0.400. The van der Waals surface area contributed by atoms with Crippen molar-refractivity contribution >= 4 is 11.0 Å². The number of likely N-dealkylation sites (tertiary alicyclic amines) is 1. The zero-order chi connectivity index (χ0) is 23.5. The molecule has 0 atom stereocenters. The number of hydrogen-bond donors (Lipinski definition) is 1. The van der Waals surface area contributed by atoms with Crippen molar-refractivity contribution in [2.45, 2.75) is 25.0 Å². The largest absolute Gasteiger partial charge is 0.367 e. The number of halogens is 2. The van der Waals surface area contributed by atoms with E-state index in [1.54, 1.807) is 24.3 Å². The second kappa shape index (κ2) is 9.91. The van der Waals surface area contributed by atoms with Crippen molar-refractivity contribution in [3.8, 4) is 0 Å². The van der Waals surface area contributed by atoms with Gasteiger partial charge in [-0.05, 0) is 60.4 Å². The molecule has 7 heteroatoms. The molecule has 0 unspecified atom stereocenters. The van der Waals surface area contributed by atoms with Gasteiger partial charge >= 0.3 is 5.69 Å². The van der Waals surface area contributed by atoms with E-state index in [9.17, 15) is 13.6 Å². The molecule has 0 amide bonds. The molecule has 1 N–H and O–H groups in total. The monoisotopic (exact) mass is 463 g/mol. The number of aromatic amines is 1. The number of nitrogens with one attached hydrogen (secondary N) is 1. The van der Waals surface area contributed by atoms with Crippen molar-refractivity contribution in [3.63, 3.8) is 0 Å². The van der Waals surface area contributed by atoms with Gasteiger partial charge in [-0.1, -0.05) is 36.4 Å². The molecule has 1 saturated heterocycles. The molecule has 3 aromatic carbocycles. The summed E-state index contributed by atoms with van der Waals surface area (Å²) in [6, 6.07) is 20.4. The Morgan fingerprint density at radius 3 is 2.09 bits per heavy atom. The number of benzene rings is 3. The van der Waals surface area contributed by atoms with Gasteiger partial charge in [0.1, 0.15) is 17.7 Å². The molecule has 0 spiro atoms. The van der Waals surface area contributed by atoms with E-state index in [-0.39, 0.29) is 23.4 Å². The lowest BCUT2D eigenvalue weighted by atomic mass is 10.0. The quantitative estimate of drug-likeness (QED) is 0.417. The number of aromatic nitrogens is 2. The van der Waals surface area contributed by atoms with Crippen LogP contribution in [0.3, 0.4) is 0 Å². The average molecular weight is 464 g/mol. The first-order chi connectivity index (χ1) is 16.6. The molecule has 1 aliphatic heterocycles. The van der Waals surface area contributed by atoms with Crippen LogP contribution >= 0.6 is 0 Å². The zero-order valence-corrected chi connectivity index (χ0v) is 18.8. The molecule has 0 radical (unpaired) electrons. The normalized spacial score (nSPS) is 15.4. The predicted molar refractivity (Wildman–Crippen MR) is 128 cm³/mol. The Kier molecular flexibility index (Phi) is 6.56. The van der Waals surface area contributed by atoms with Gasteiger partial charge in [0.25, 0.3) is 0 Å². The van der Waals surface area contributed by atoms with E-state index in [1.807, 2.05) is 28.8 Å². The summed E-state index contributed by atoms with van der Waals surface area (Å²) < 4.78 is 35.0. The molecule has 1 aromatic heterocycles. The number of para-hydroxylation sites is 2. The highest BCUT2D eigenvalue weighted by Gasteiger charge is 2.24. The maximum atomic E-state index is 13.4. The van der Waals surface area contributed by atoms with Crippen molar-refractivity contribution in [2.75, 3.05) is 26.2 Å². The number of imidazole rings is 1. The zero-order valence-electron chi connectivity index (χ0n) is 18.8. The Balaban J connectivity index is 1.21. The van der Waals surface area contributed by atoms with Crippen molar-refractivity contribution in [3.05, 3.63) is 106 Å². The van der Waals surface area contributed by atoms with Gasteiger partial charge in [0, 0.05) is 25.7 Å². The summed E-state index contributed by atoms with van der Waals surface area (Å²) >= 11 is 0. The van der Waals surface area contributed by atoms with Gasteiger partial charge in [0.2, 0.25) is 0 Å². The summed E-state index contributed by atoms with van der Waals surface area (Å²) in [6.07, 6.45) is 1.38. The van der Waals surface area contributed by atoms with Crippen molar-refractivity contribution in [1.82, 2.24) is 14.5 Å². The number of nitrogens with zero attached hydrogens (tertiary/aromatic N) is 2. The van der Waals surface area contributed by atoms with E-state index in [2.05, 4.69) is 9.88 Å². The standard InChI is InChI=1S/C27H27F2N3O2/c28-21-9-5-19(6-10-21)26(20-7-11-22(29)12-8-20)34-18-17-31-15-13-23(14-16-31)32-25-4-2-1-3-24(25)30-27(32)33/h1-12,23,26H,13-18H2,(H,30,33). The number of ether oxygens (including phenoxy) is 1. The van der Waals surface area contributed by atoms with E-state index in [0.717, 1.165) is 54.6 Å². The van der Waals surface area contributed by atoms with Gasteiger partial charge in [-0.3, -0.25) is 4.57 Å². The molecule has 5 nitrogen and oxygen atoms in total. The third kappa shape index (κ3) is 4.81. The number of hydrogen-bond acceptors (Lipinski definition) is 3. The fraction of sp³-hybridized carbons (Fsp3) is 0.296. The van der Waals surface area contributed by atoms with Gasteiger partial charge in [0.15, 0.2) is 0 Å². The lowest BCUT2D eigenvalue weighted by Crippen LogP contribution is -2.38. The second-order valence-corrected chi connectivity index (χ2v) is 8.74. The van der Waals surface area contributed by atoms with Crippen LogP contribution in [-0.2, 0) is 4.74 Å². The van der Waals surface area contributed by atoms with E-state index < -0.39 is 6.10 Å². The Bertz CT molecular complexity index is 1240. The van der Waals surface area contributed by atoms with E-state index >= 15 is 0 Å². The predicted octanol–water partition coefficient (Wildman–Crippen LogP) is 5.05. The van der Waals surface area contributed by atoms with Crippen LogP contribution in [0.4, 0.5) is 8.78 Å². The summed E-state index contributed by atoms with van der Waals surface area (Å²) in [7, 11) is 0. The summed E-state index contributed by atoms with van der Waals surface area (Å²) in [5.41, 5.74) is 3.42. The maximum Gasteiger partial charge on any atom is 0.326 e. The molecule has 5 rings (SSSR count). The maximum absolute atomic E-state index is 13.4. The van der Waals surface area contributed by atoms with Crippen LogP contribution in [0.5, 0.6) is 0 Å². The number of fused-ring (bicyclic) bond motifs is 1. The van der Waals surface area contributed by atoms with Crippen LogP contribution in [0, 0.1) is 11.6 Å². The topological polar surface area (TPSA) is 50.3 Å². The first-order valence-electron chi connectivity index (χ1n) is 11.6. The Labute approximate surface area is 196 Å². The number of rotatable bonds is 7. The number of H-pyrrole nitrogens is 1. The molecular weight excluding hydrogens is 436 g/mol. The van der Waals surface area contributed by atoms with E-state index in [4.69, 9.17) is 4.74 Å². The van der Waals surface area contributed by atoms with Gasteiger partial charge in [0.05, 0.1) is 17.6 Å². The van der Waals surface area contributed by atoms with Crippen LogP contribution in [-0.4, -0.2) is 40.7 Å². The summed E-state index contributed by atoms with van der Waals surface area (Å²) in [4.78, 5) is 17.8. The highest BCUT2D eigenvalue weighted by atomic mass is 19.1. The molecule has 1 fully saturated rings. The fourth-order valence-electron chi connectivity index (χ4n) is 4.80. The van der Waals surface area contributed by atoms with Gasteiger partial charge in [-0.2, -0.15) is 0 Å². The summed E-state index contributed by atoms with van der Waals surface area (Å²) in [5.74, 6) is -0.613. The minimum Gasteiger partial charge on any atom is -0.367 e. The smallest absolute Gasteiger partial charge is 0.326 e. The molecule has 0 aliphatic carbocycles. The average Bonchev–Trinajstić information content (AvgIpc) is 3.19. The van der Waals surface area contributed by atoms with Gasteiger partial charge in [-0.25, -0.2) is 13.6 Å². The molecule has 4 aromatic rings. The van der Waals surface area contributed by atoms with Crippen LogP contribution in [0.25, 0.3) is 11.0 Å². The first kappa shape index (κ1) is 22.5. The molecule has 2 heterocycles. The number of piperidine rings is 1. The Morgan fingerprint density at radius 1 is 0.882 bits per heavy atom. The first-order valence-corrected chi connectivity index (χ1v) is 11.6. The van der Waals surface area contributed by atoms with Crippen molar-refractivity contribution in [2.24, 2.45) is 0 Å². The Morgan fingerprint density at radius 2 is 1.47 bits per heavy atom. The fourth-order valence-corrected chi connectivity index (χ4v) is 4.80. The molecule has 176 valence electrons. The Hall–Kier alpha value is -3.29. The molecule has 1 aliphatic rings. The summed E-state index contributed by atoms with van der Waals surface area (Å²) in [5, 5.41) is 0. The highest BCUT2D eigenvalue weighted by molar-refractivity contribution is 5.75. The lowest BCUT2D eigenvalue weighted by Gasteiger charge is -2.32. The van der Waals surface area contributed by atoms with Gasteiger partial charge in [-0.15, -0.1) is 0 Å². The molecule has 0 saturated carbocycles. The third-order valence-electron chi connectivity index (χ3n) is 6.58. The third-order valence-corrected chi connectivity index (χ3v) is 6.58. The molecule has 0 bridgehead atoms. The van der Waals surface area contributed by atoms with Crippen LogP contribution in [0.15, 0.2) is 77.6 Å². The molecular formula is C27H27F2N3O2.